The number of hydrogen-bond donors (Lipinski definition) is 1. The lowest BCUT2D eigenvalue weighted by Gasteiger charge is -2.41. The number of thioether (sulfide) groups is 1. The molecule has 0 saturated carbocycles. The largest absolute Gasteiger partial charge is 0.481 e. The molecule has 2 aliphatic rings. The summed E-state index contributed by atoms with van der Waals surface area (Å²) in [6.45, 7) is 2.42. The molecule has 0 aromatic carbocycles. The normalized spacial score (nSPS) is 29.2. The Hall–Kier alpha value is -0.960. The Morgan fingerprint density at radius 3 is 2.62 bits per heavy atom. The molecule has 9 heteroatoms. The van der Waals surface area contributed by atoms with E-state index in [1.54, 1.807) is 28.5 Å². The first-order valence-electron chi connectivity index (χ1n) is 6.87. The molecule has 2 heterocycles. The Morgan fingerprint density at radius 2 is 2.00 bits per heavy atom. The van der Waals surface area contributed by atoms with Crippen LogP contribution in [0, 0.1) is 0 Å². The lowest BCUT2D eigenvalue weighted by molar-refractivity contribution is -0.138. The van der Waals surface area contributed by atoms with Gasteiger partial charge in [-0.25, -0.2) is 13.2 Å². The summed E-state index contributed by atoms with van der Waals surface area (Å²) in [5.41, 5.74) is 0. The fraction of sp³-hybridized carbons (Fsp3) is 0.833. The maximum absolute atomic E-state index is 12.6. The smallest absolute Gasteiger partial charge is 0.320 e. The second kappa shape index (κ2) is 6.43. The third kappa shape index (κ3) is 4.03. The van der Waals surface area contributed by atoms with Crippen molar-refractivity contribution in [2.75, 3.05) is 36.1 Å². The molecule has 21 heavy (non-hydrogen) atoms. The molecule has 0 radical (unpaired) electrons. The van der Waals surface area contributed by atoms with Crippen LogP contribution in [0.3, 0.4) is 0 Å². The SMILES string of the molecule is CC1CS(=O)(=O)CCN1C(=O)N1CCSCC1CC(=O)O. The predicted octanol–water partition coefficient (Wildman–Crippen LogP) is 0.117. The van der Waals surface area contributed by atoms with Crippen molar-refractivity contribution in [3.63, 3.8) is 0 Å². The maximum Gasteiger partial charge on any atom is 0.320 e. The Kier molecular flexibility index (Phi) is 5.03. The second-order valence-electron chi connectivity index (χ2n) is 5.46. The number of amides is 2. The topological polar surface area (TPSA) is 95.0 Å². The Bertz CT molecular complexity index is 522. The lowest BCUT2D eigenvalue weighted by Crippen LogP contribution is -2.58. The van der Waals surface area contributed by atoms with Crippen LogP contribution >= 0.6 is 11.8 Å². The van der Waals surface area contributed by atoms with Crippen LogP contribution in [0.2, 0.25) is 0 Å². The molecule has 0 bridgehead atoms. The minimum atomic E-state index is -3.07. The van der Waals surface area contributed by atoms with E-state index in [4.69, 9.17) is 5.11 Å². The van der Waals surface area contributed by atoms with E-state index >= 15 is 0 Å². The van der Waals surface area contributed by atoms with Gasteiger partial charge in [-0.15, -0.1) is 0 Å². The molecule has 2 rings (SSSR count). The zero-order valence-electron chi connectivity index (χ0n) is 11.9. The van der Waals surface area contributed by atoms with Crippen molar-refractivity contribution in [3.8, 4) is 0 Å². The molecule has 0 aliphatic carbocycles. The molecule has 2 saturated heterocycles. The van der Waals surface area contributed by atoms with Crippen molar-refractivity contribution >= 4 is 33.6 Å². The lowest BCUT2D eigenvalue weighted by atomic mass is 10.2. The third-order valence-electron chi connectivity index (χ3n) is 3.80. The van der Waals surface area contributed by atoms with Crippen LogP contribution in [-0.4, -0.2) is 83.5 Å². The molecule has 0 spiro atoms. The van der Waals surface area contributed by atoms with Crippen molar-refractivity contribution < 1.29 is 23.1 Å². The van der Waals surface area contributed by atoms with Crippen LogP contribution in [-0.2, 0) is 14.6 Å². The molecule has 2 aliphatic heterocycles. The van der Waals surface area contributed by atoms with E-state index in [0.717, 1.165) is 5.75 Å². The molecular weight excluding hydrogens is 316 g/mol. The fourth-order valence-corrected chi connectivity index (χ4v) is 5.34. The van der Waals surface area contributed by atoms with E-state index in [2.05, 4.69) is 0 Å². The van der Waals surface area contributed by atoms with E-state index in [-0.39, 0.29) is 42.6 Å². The van der Waals surface area contributed by atoms with Gasteiger partial charge in [-0.3, -0.25) is 4.79 Å². The monoisotopic (exact) mass is 336 g/mol. The number of carbonyl (C=O) groups is 2. The summed E-state index contributed by atoms with van der Waals surface area (Å²) in [4.78, 5) is 26.7. The van der Waals surface area contributed by atoms with Gasteiger partial charge in [0.1, 0.15) is 0 Å². The number of rotatable bonds is 2. The van der Waals surface area contributed by atoms with Gasteiger partial charge in [-0.2, -0.15) is 11.8 Å². The predicted molar refractivity (Wildman–Crippen MR) is 80.3 cm³/mol. The highest BCUT2D eigenvalue weighted by Crippen LogP contribution is 2.22. The summed E-state index contributed by atoms with van der Waals surface area (Å²) in [5.74, 6) is 0.427. The summed E-state index contributed by atoms with van der Waals surface area (Å²) in [6.07, 6.45) is -0.0702. The van der Waals surface area contributed by atoms with E-state index in [0.29, 0.717) is 12.3 Å². The van der Waals surface area contributed by atoms with Gasteiger partial charge in [0, 0.05) is 30.6 Å². The van der Waals surface area contributed by atoms with Crippen LogP contribution in [0.4, 0.5) is 4.79 Å². The van der Waals surface area contributed by atoms with Crippen molar-refractivity contribution in [2.45, 2.75) is 25.4 Å². The van der Waals surface area contributed by atoms with Crippen LogP contribution in [0.15, 0.2) is 0 Å². The van der Waals surface area contributed by atoms with Crippen LogP contribution in [0.1, 0.15) is 13.3 Å². The van der Waals surface area contributed by atoms with Gasteiger partial charge in [0.15, 0.2) is 9.84 Å². The molecule has 0 aromatic heterocycles. The summed E-state index contributed by atoms with van der Waals surface area (Å²) in [6, 6.07) is -0.917. The molecular formula is C12H20N2O5S2. The standard InChI is InChI=1S/C12H20N2O5S2/c1-9-8-21(18,19)5-3-13(9)12(17)14-2-4-20-7-10(14)6-11(15)16/h9-10H,2-8H2,1H3,(H,15,16). The molecule has 7 nitrogen and oxygen atoms in total. The number of aliphatic carboxylic acids is 1. The Balaban J connectivity index is 2.08. The molecule has 1 N–H and O–H groups in total. The van der Waals surface area contributed by atoms with Gasteiger partial charge >= 0.3 is 12.0 Å². The van der Waals surface area contributed by atoms with Crippen LogP contribution in [0.5, 0.6) is 0 Å². The fourth-order valence-electron chi connectivity index (χ4n) is 2.73. The van der Waals surface area contributed by atoms with Gasteiger partial charge in [-0.05, 0) is 6.92 Å². The van der Waals surface area contributed by atoms with Gasteiger partial charge < -0.3 is 14.9 Å². The first kappa shape index (κ1) is 16.4. The van der Waals surface area contributed by atoms with Crippen molar-refractivity contribution in [3.05, 3.63) is 0 Å². The summed E-state index contributed by atoms with van der Waals surface area (Å²) >= 11 is 1.64. The minimum absolute atomic E-state index is 0.0186. The second-order valence-corrected chi connectivity index (χ2v) is 8.84. The molecule has 2 unspecified atom stereocenters. The van der Waals surface area contributed by atoms with Gasteiger partial charge in [0.25, 0.3) is 0 Å². The Labute approximate surface area is 128 Å². The van der Waals surface area contributed by atoms with E-state index in [1.165, 1.54) is 0 Å². The highest BCUT2D eigenvalue weighted by molar-refractivity contribution is 7.99. The molecule has 2 fully saturated rings. The number of carboxylic acid groups (broad SMARTS) is 1. The number of hydrogen-bond acceptors (Lipinski definition) is 5. The zero-order chi connectivity index (χ0) is 15.6. The number of carbonyl (C=O) groups excluding carboxylic acids is 1. The molecule has 2 atom stereocenters. The van der Waals surface area contributed by atoms with Gasteiger partial charge in [0.2, 0.25) is 0 Å². The van der Waals surface area contributed by atoms with Gasteiger partial charge in [0.05, 0.1) is 24.0 Å². The zero-order valence-corrected chi connectivity index (χ0v) is 13.5. The van der Waals surface area contributed by atoms with Gasteiger partial charge in [-0.1, -0.05) is 0 Å². The molecule has 120 valence electrons. The Morgan fingerprint density at radius 1 is 1.29 bits per heavy atom. The summed E-state index contributed by atoms with van der Waals surface area (Å²) in [5, 5.41) is 8.96. The quantitative estimate of drug-likeness (QED) is 0.769. The van der Waals surface area contributed by atoms with Crippen molar-refractivity contribution in [2.24, 2.45) is 0 Å². The van der Waals surface area contributed by atoms with E-state index in [1.807, 2.05) is 0 Å². The highest BCUT2D eigenvalue weighted by Gasteiger charge is 2.37. The number of carboxylic acids is 1. The number of urea groups is 1. The van der Waals surface area contributed by atoms with Crippen LogP contribution < -0.4 is 0 Å². The number of nitrogens with zero attached hydrogens (tertiary/aromatic N) is 2. The average molecular weight is 336 g/mol. The third-order valence-corrected chi connectivity index (χ3v) is 6.69. The van der Waals surface area contributed by atoms with Crippen molar-refractivity contribution in [1.29, 1.82) is 0 Å². The van der Waals surface area contributed by atoms with Crippen LogP contribution in [0.25, 0.3) is 0 Å². The minimum Gasteiger partial charge on any atom is -0.481 e. The van der Waals surface area contributed by atoms with Crippen molar-refractivity contribution in [1.82, 2.24) is 9.80 Å². The van der Waals surface area contributed by atoms with E-state index < -0.39 is 15.8 Å². The highest BCUT2D eigenvalue weighted by atomic mass is 32.2. The molecule has 0 aromatic rings. The number of sulfone groups is 1. The average Bonchev–Trinajstić information content (AvgIpc) is 2.37. The summed E-state index contributed by atoms with van der Waals surface area (Å²) in [7, 11) is -3.07. The first-order chi connectivity index (χ1) is 9.80. The molecule has 2 amide bonds. The first-order valence-corrected chi connectivity index (χ1v) is 9.85. The van der Waals surface area contributed by atoms with E-state index in [9.17, 15) is 18.0 Å². The maximum atomic E-state index is 12.6. The summed E-state index contributed by atoms with van der Waals surface area (Å²) < 4.78 is 23.2.